The van der Waals surface area contributed by atoms with E-state index < -0.39 is 0 Å². The lowest BCUT2D eigenvalue weighted by molar-refractivity contribution is 0.0642. The van der Waals surface area contributed by atoms with Gasteiger partial charge in [-0.25, -0.2) is 4.98 Å². The molecule has 5 heteroatoms. The van der Waals surface area contributed by atoms with Crippen LogP contribution in [0.25, 0.3) is 10.2 Å². The van der Waals surface area contributed by atoms with E-state index in [9.17, 15) is 9.59 Å². The summed E-state index contributed by atoms with van der Waals surface area (Å²) in [5.74, 6) is -0.480. The van der Waals surface area contributed by atoms with Crippen LogP contribution >= 0.6 is 11.3 Å². The van der Waals surface area contributed by atoms with E-state index in [1.165, 1.54) is 21.8 Å². The van der Waals surface area contributed by atoms with Crippen LogP contribution in [0.5, 0.6) is 0 Å². The molecule has 1 aromatic heterocycles. The molecule has 0 fully saturated rings. The van der Waals surface area contributed by atoms with E-state index in [4.69, 9.17) is 0 Å². The van der Waals surface area contributed by atoms with Crippen LogP contribution in [0.2, 0.25) is 0 Å². The summed E-state index contributed by atoms with van der Waals surface area (Å²) >= 11 is 1.52. The summed E-state index contributed by atoms with van der Waals surface area (Å²) < 4.78 is 1.08. The highest BCUT2D eigenvalue weighted by molar-refractivity contribution is 7.18. The SMILES string of the molecule is Cc1ccc2nc(CN3C(=O)c4ccccc4C3=O)sc2c1. The van der Waals surface area contributed by atoms with Gasteiger partial charge in [0.25, 0.3) is 11.8 Å². The number of thiazole rings is 1. The lowest BCUT2D eigenvalue weighted by Crippen LogP contribution is -2.28. The third-order valence-electron chi connectivity index (χ3n) is 3.76. The van der Waals surface area contributed by atoms with E-state index in [-0.39, 0.29) is 18.4 Å². The van der Waals surface area contributed by atoms with Crippen molar-refractivity contribution in [3.05, 3.63) is 64.2 Å². The van der Waals surface area contributed by atoms with Gasteiger partial charge in [-0.2, -0.15) is 0 Å². The summed E-state index contributed by atoms with van der Waals surface area (Å²) in [7, 11) is 0. The van der Waals surface area contributed by atoms with Crippen LogP contribution in [0.3, 0.4) is 0 Å². The Morgan fingerprint density at radius 1 is 1.05 bits per heavy atom. The first kappa shape index (κ1) is 13.2. The number of imide groups is 1. The largest absolute Gasteiger partial charge is 0.269 e. The number of amides is 2. The van der Waals surface area contributed by atoms with E-state index in [2.05, 4.69) is 11.1 Å². The number of fused-ring (bicyclic) bond motifs is 2. The Kier molecular flexibility index (Phi) is 2.84. The highest BCUT2D eigenvalue weighted by Crippen LogP contribution is 2.28. The second kappa shape index (κ2) is 4.74. The van der Waals surface area contributed by atoms with Crippen molar-refractivity contribution in [1.29, 1.82) is 0 Å². The average Bonchev–Trinajstić information content (AvgIpc) is 3.02. The summed E-state index contributed by atoms with van der Waals surface area (Å²) in [4.78, 5) is 30.5. The van der Waals surface area contributed by atoms with Gasteiger partial charge in [0.1, 0.15) is 5.01 Å². The molecule has 3 aromatic rings. The van der Waals surface area contributed by atoms with Gasteiger partial charge in [0.05, 0.1) is 27.9 Å². The van der Waals surface area contributed by atoms with Gasteiger partial charge in [0.2, 0.25) is 0 Å². The third kappa shape index (κ3) is 1.94. The van der Waals surface area contributed by atoms with Crippen LogP contribution in [0.15, 0.2) is 42.5 Å². The highest BCUT2D eigenvalue weighted by Gasteiger charge is 2.35. The average molecular weight is 308 g/mol. The monoisotopic (exact) mass is 308 g/mol. The molecule has 0 spiro atoms. The maximum absolute atomic E-state index is 12.4. The maximum atomic E-state index is 12.4. The van der Waals surface area contributed by atoms with Gasteiger partial charge in [-0.05, 0) is 36.8 Å². The smallest absolute Gasteiger partial charge is 0.261 e. The molecule has 2 amide bonds. The van der Waals surface area contributed by atoms with Gasteiger partial charge in [-0.1, -0.05) is 18.2 Å². The van der Waals surface area contributed by atoms with Gasteiger partial charge in [0, 0.05) is 0 Å². The quantitative estimate of drug-likeness (QED) is 0.682. The predicted octanol–water partition coefficient (Wildman–Crippen LogP) is 3.40. The second-order valence-corrected chi connectivity index (χ2v) is 6.44. The summed E-state index contributed by atoms with van der Waals surface area (Å²) in [5, 5.41) is 0.773. The number of carbonyl (C=O) groups is 2. The van der Waals surface area contributed by atoms with E-state index in [0.29, 0.717) is 11.1 Å². The number of hydrogen-bond acceptors (Lipinski definition) is 4. The van der Waals surface area contributed by atoms with Crippen LogP contribution in [0.4, 0.5) is 0 Å². The minimum atomic E-state index is -0.240. The molecule has 0 atom stereocenters. The van der Waals surface area contributed by atoms with Crippen molar-refractivity contribution < 1.29 is 9.59 Å². The minimum absolute atomic E-state index is 0.227. The molecule has 1 aliphatic heterocycles. The normalized spacial score (nSPS) is 14.0. The summed E-state index contributed by atoms with van der Waals surface area (Å²) in [6, 6.07) is 13.0. The molecule has 0 bridgehead atoms. The summed E-state index contributed by atoms with van der Waals surface area (Å²) in [5.41, 5.74) is 3.03. The molecule has 2 heterocycles. The summed E-state index contributed by atoms with van der Waals surface area (Å²) in [6.07, 6.45) is 0. The molecule has 1 aliphatic rings. The number of aromatic nitrogens is 1. The fourth-order valence-corrected chi connectivity index (χ4v) is 3.72. The van der Waals surface area contributed by atoms with E-state index in [1.54, 1.807) is 24.3 Å². The van der Waals surface area contributed by atoms with Crippen LogP contribution in [-0.4, -0.2) is 21.7 Å². The molecule has 0 N–H and O–H groups in total. The zero-order valence-corrected chi connectivity index (χ0v) is 12.7. The molecular weight excluding hydrogens is 296 g/mol. The van der Waals surface area contributed by atoms with Gasteiger partial charge in [0.15, 0.2) is 0 Å². The first-order chi connectivity index (χ1) is 10.6. The van der Waals surface area contributed by atoms with Crippen LogP contribution in [-0.2, 0) is 6.54 Å². The zero-order chi connectivity index (χ0) is 15.3. The number of nitrogens with zero attached hydrogens (tertiary/aromatic N) is 2. The van der Waals surface area contributed by atoms with E-state index in [0.717, 1.165) is 15.2 Å². The molecule has 4 rings (SSSR count). The maximum Gasteiger partial charge on any atom is 0.261 e. The molecule has 0 saturated carbocycles. The molecule has 0 saturated heterocycles. The van der Waals surface area contributed by atoms with Crippen molar-refractivity contribution >= 4 is 33.4 Å². The molecule has 0 aliphatic carbocycles. The number of rotatable bonds is 2. The Labute approximate surface area is 131 Å². The van der Waals surface area contributed by atoms with E-state index >= 15 is 0 Å². The lowest BCUT2D eigenvalue weighted by atomic mass is 10.1. The van der Waals surface area contributed by atoms with Crippen molar-refractivity contribution in [2.45, 2.75) is 13.5 Å². The third-order valence-corrected chi connectivity index (χ3v) is 4.76. The second-order valence-electron chi connectivity index (χ2n) is 5.32. The van der Waals surface area contributed by atoms with Crippen LogP contribution in [0.1, 0.15) is 31.3 Å². The van der Waals surface area contributed by atoms with Crippen molar-refractivity contribution in [1.82, 2.24) is 9.88 Å². The minimum Gasteiger partial charge on any atom is -0.269 e. The number of carbonyl (C=O) groups excluding carboxylic acids is 2. The molecule has 0 radical (unpaired) electrons. The Hall–Kier alpha value is -2.53. The van der Waals surface area contributed by atoms with Gasteiger partial charge in [-0.15, -0.1) is 11.3 Å². The molecule has 4 nitrogen and oxygen atoms in total. The van der Waals surface area contributed by atoms with Gasteiger partial charge >= 0.3 is 0 Å². The highest BCUT2D eigenvalue weighted by atomic mass is 32.1. The van der Waals surface area contributed by atoms with Crippen molar-refractivity contribution in [3.8, 4) is 0 Å². The zero-order valence-electron chi connectivity index (χ0n) is 11.9. The molecule has 22 heavy (non-hydrogen) atoms. The first-order valence-corrected chi connectivity index (χ1v) is 7.76. The Morgan fingerprint density at radius 3 is 2.41 bits per heavy atom. The molecular formula is C17H12N2O2S. The van der Waals surface area contributed by atoms with Crippen molar-refractivity contribution in [3.63, 3.8) is 0 Å². The number of hydrogen-bond donors (Lipinski definition) is 0. The lowest BCUT2D eigenvalue weighted by Gasteiger charge is -2.11. The topological polar surface area (TPSA) is 50.3 Å². The predicted molar refractivity (Wildman–Crippen MR) is 85.0 cm³/mol. The number of benzene rings is 2. The van der Waals surface area contributed by atoms with Gasteiger partial charge < -0.3 is 0 Å². The van der Waals surface area contributed by atoms with Crippen molar-refractivity contribution in [2.75, 3.05) is 0 Å². The summed E-state index contributed by atoms with van der Waals surface area (Å²) in [6.45, 7) is 2.26. The fraction of sp³-hybridized carbons (Fsp3) is 0.118. The number of aryl methyl sites for hydroxylation is 1. The van der Waals surface area contributed by atoms with Gasteiger partial charge in [-0.3, -0.25) is 14.5 Å². The Bertz CT molecular complexity index is 894. The van der Waals surface area contributed by atoms with Crippen molar-refractivity contribution in [2.24, 2.45) is 0 Å². The first-order valence-electron chi connectivity index (χ1n) is 6.95. The Morgan fingerprint density at radius 2 is 1.73 bits per heavy atom. The standard InChI is InChI=1S/C17H12N2O2S/c1-10-6-7-13-14(8-10)22-15(18-13)9-19-16(20)11-4-2-3-5-12(11)17(19)21/h2-8H,9H2,1H3. The van der Waals surface area contributed by atoms with E-state index in [1.807, 2.05) is 19.1 Å². The van der Waals surface area contributed by atoms with Crippen LogP contribution in [0, 0.1) is 6.92 Å². The molecule has 0 unspecified atom stereocenters. The van der Waals surface area contributed by atoms with Crippen LogP contribution < -0.4 is 0 Å². The Balaban J connectivity index is 1.69. The fourth-order valence-electron chi connectivity index (χ4n) is 2.67. The molecule has 108 valence electrons. The molecule has 2 aromatic carbocycles.